The maximum Gasteiger partial charge on any atom is 0.325 e. The van der Waals surface area contributed by atoms with Gasteiger partial charge in [0, 0.05) is 32.3 Å². The number of hydrogen-bond donors (Lipinski definition) is 1. The van der Waals surface area contributed by atoms with E-state index in [2.05, 4.69) is 9.98 Å². The molecule has 2 aromatic carbocycles. The van der Waals surface area contributed by atoms with Crippen molar-refractivity contribution in [3.8, 4) is 35.1 Å². The molecular formula is C27H25F2N5O5. The fourth-order valence-corrected chi connectivity index (χ4v) is 3.86. The van der Waals surface area contributed by atoms with E-state index < -0.39 is 47.3 Å². The predicted molar refractivity (Wildman–Crippen MR) is 138 cm³/mol. The molecule has 1 N–H and O–H groups in total. The number of ether oxygens (including phenoxy) is 3. The van der Waals surface area contributed by atoms with Crippen LogP contribution in [-0.2, 0) is 9.53 Å². The number of amidine groups is 1. The van der Waals surface area contributed by atoms with Crippen LogP contribution in [0.4, 0.5) is 14.5 Å². The lowest BCUT2D eigenvalue weighted by molar-refractivity contribution is -0.141. The van der Waals surface area contributed by atoms with Crippen LogP contribution in [0.2, 0.25) is 0 Å². The number of benzene rings is 2. The lowest BCUT2D eigenvalue weighted by Crippen LogP contribution is -2.29. The first-order valence-corrected chi connectivity index (χ1v) is 11.9. The SMILES string of the molecule is CCOC(=O)CN(C)c1c(F)c(Oc2cccc(C3=NCCN3C)c2)nc(Oc2cc(C#N)ccc2O)c1F. The third kappa shape index (κ3) is 5.98. The van der Waals surface area contributed by atoms with Crippen LogP contribution in [0.5, 0.6) is 29.0 Å². The zero-order valence-electron chi connectivity index (χ0n) is 21.4. The third-order valence-electron chi connectivity index (χ3n) is 5.71. The van der Waals surface area contributed by atoms with Crippen molar-refractivity contribution in [3.63, 3.8) is 0 Å². The lowest BCUT2D eigenvalue weighted by atomic mass is 10.2. The van der Waals surface area contributed by atoms with Crippen LogP contribution in [0.25, 0.3) is 0 Å². The molecule has 4 rings (SSSR count). The first-order chi connectivity index (χ1) is 18.7. The molecule has 2 heterocycles. The standard InChI is InChI=1S/C27H25F2N5O5/c1-4-37-21(36)15-34(3)24-22(28)26(38-18-7-5-6-17(13-18)25-31-10-11-33(25)2)32-27(23(24)29)39-20-12-16(14-30)8-9-19(20)35/h5-9,12-13,35H,4,10-11,15H2,1-3H3. The molecule has 0 saturated carbocycles. The van der Waals surface area contributed by atoms with E-state index in [9.17, 15) is 15.2 Å². The number of aliphatic imine (C=N–C) groups is 1. The molecule has 0 unspecified atom stereocenters. The van der Waals surface area contributed by atoms with Gasteiger partial charge in [-0.15, -0.1) is 0 Å². The molecular weight excluding hydrogens is 512 g/mol. The molecule has 0 atom stereocenters. The number of esters is 1. The van der Waals surface area contributed by atoms with Crippen molar-refractivity contribution in [1.29, 1.82) is 5.26 Å². The number of phenolic OH excluding ortho intramolecular Hbond substituents is 1. The molecule has 1 aliphatic heterocycles. The van der Waals surface area contributed by atoms with Crippen molar-refractivity contribution in [2.24, 2.45) is 4.99 Å². The highest BCUT2D eigenvalue weighted by Crippen LogP contribution is 2.39. The number of phenols is 1. The van der Waals surface area contributed by atoms with Gasteiger partial charge in [-0.1, -0.05) is 12.1 Å². The molecule has 3 aromatic rings. The van der Waals surface area contributed by atoms with Gasteiger partial charge in [-0.25, -0.2) is 0 Å². The fraction of sp³-hybridized carbons (Fsp3) is 0.259. The Labute approximate surface area is 223 Å². The number of rotatable bonds is 9. The van der Waals surface area contributed by atoms with Gasteiger partial charge in [0.05, 0.1) is 24.8 Å². The first-order valence-electron chi connectivity index (χ1n) is 11.9. The van der Waals surface area contributed by atoms with E-state index in [1.165, 1.54) is 25.2 Å². The Bertz CT molecular complexity index is 1470. The minimum Gasteiger partial charge on any atom is -0.504 e. The predicted octanol–water partition coefficient (Wildman–Crippen LogP) is 4.21. The van der Waals surface area contributed by atoms with E-state index in [-0.39, 0.29) is 23.7 Å². The zero-order chi connectivity index (χ0) is 28.1. The minimum atomic E-state index is -1.26. The number of nitrogens with zero attached hydrogens (tertiary/aromatic N) is 5. The lowest BCUT2D eigenvalue weighted by Gasteiger charge is -2.22. The Morgan fingerprint density at radius 3 is 2.59 bits per heavy atom. The number of halogens is 2. The fourth-order valence-electron chi connectivity index (χ4n) is 3.86. The molecule has 0 amide bonds. The molecule has 0 radical (unpaired) electrons. The topological polar surface area (TPSA) is 121 Å². The van der Waals surface area contributed by atoms with Crippen molar-refractivity contribution in [3.05, 3.63) is 65.2 Å². The van der Waals surface area contributed by atoms with Gasteiger partial charge in [0.1, 0.15) is 23.8 Å². The highest BCUT2D eigenvalue weighted by atomic mass is 19.1. The average molecular weight is 538 g/mol. The van der Waals surface area contributed by atoms with Gasteiger partial charge < -0.3 is 29.1 Å². The van der Waals surface area contributed by atoms with Crippen LogP contribution < -0.4 is 14.4 Å². The van der Waals surface area contributed by atoms with Crippen LogP contribution in [0.1, 0.15) is 18.1 Å². The van der Waals surface area contributed by atoms with Crippen molar-refractivity contribution in [1.82, 2.24) is 9.88 Å². The maximum atomic E-state index is 15.7. The second kappa shape index (κ2) is 11.6. The Morgan fingerprint density at radius 2 is 1.92 bits per heavy atom. The normalized spacial score (nSPS) is 12.5. The van der Waals surface area contributed by atoms with E-state index in [1.807, 2.05) is 24.1 Å². The van der Waals surface area contributed by atoms with Crippen LogP contribution in [0, 0.1) is 23.0 Å². The van der Waals surface area contributed by atoms with Crippen LogP contribution in [0.3, 0.4) is 0 Å². The van der Waals surface area contributed by atoms with Gasteiger partial charge in [0.15, 0.2) is 11.5 Å². The summed E-state index contributed by atoms with van der Waals surface area (Å²) in [6, 6.07) is 12.3. The second-order valence-electron chi connectivity index (χ2n) is 8.51. The molecule has 1 aromatic heterocycles. The van der Waals surface area contributed by atoms with E-state index in [0.717, 1.165) is 22.8 Å². The monoisotopic (exact) mass is 537 g/mol. The maximum absolute atomic E-state index is 15.7. The third-order valence-corrected chi connectivity index (χ3v) is 5.71. The molecule has 0 bridgehead atoms. The first kappa shape index (κ1) is 27.1. The highest BCUT2D eigenvalue weighted by molar-refractivity contribution is 5.99. The minimum absolute atomic E-state index is 0.0854. The number of pyridine rings is 1. The number of hydrogen-bond acceptors (Lipinski definition) is 10. The van der Waals surface area contributed by atoms with E-state index in [1.54, 1.807) is 25.1 Å². The van der Waals surface area contributed by atoms with Gasteiger partial charge in [0.25, 0.3) is 11.8 Å². The van der Waals surface area contributed by atoms with E-state index in [4.69, 9.17) is 14.2 Å². The van der Waals surface area contributed by atoms with Crippen LogP contribution in [0.15, 0.2) is 47.5 Å². The zero-order valence-corrected chi connectivity index (χ0v) is 21.4. The summed E-state index contributed by atoms with van der Waals surface area (Å²) in [5, 5.41) is 19.3. The molecule has 10 nitrogen and oxygen atoms in total. The van der Waals surface area contributed by atoms with Gasteiger partial charge >= 0.3 is 5.97 Å². The Balaban J connectivity index is 1.77. The molecule has 0 spiro atoms. The number of aromatic hydroxyl groups is 1. The van der Waals surface area contributed by atoms with E-state index in [0.29, 0.717) is 6.54 Å². The Hall–Kier alpha value is -4.92. The molecule has 39 heavy (non-hydrogen) atoms. The number of likely N-dealkylation sites (N-methyl/N-ethyl adjacent to an activating group) is 2. The molecule has 0 aliphatic carbocycles. The van der Waals surface area contributed by atoms with Crippen molar-refractivity contribution >= 4 is 17.5 Å². The van der Waals surface area contributed by atoms with Crippen LogP contribution >= 0.6 is 0 Å². The summed E-state index contributed by atoms with van der Waals surface area (Å²) in [4.78, 5) is 23.3. The Morgan fingerprint density at radius 1 is 1.18 bits per heavy atom. The summed E-state index contributed by atoms with van der Waals surface area (Å²) in [7, 11) is 3.18. The van der Waals surface area contributed by atoms with Gasteiger partial charge in [-0.3, -0.25) is 9.79 Å². The van der Waals surface area contributed by atoms with Gasteiger partial charge in [0.2, 0.25) is 11.6 Å². The largest absolute Gasteiger partial charge is 0.504 e. The summed E-state index contributed by atoms with van der Waals surface area (Å²) in [6.45, 7) is 2.60. The summed E-state index contributed by atoms with van der Waals surface area (Å²) in [5.74, 6) is -4.34. The number of carbonyl (C=O) groups excluding carboxylic acids is 1. The van der Waals surface area contributed by atoms with Crippen molar-refractivity contribution in [2.75, 3.05) is 45.2 Å². The van der Waals surface area contributed by atoms with E-state index >= 15 is 8.78 Å². The van der Waals surface area contributed by atoms with Crippen molar-refractivity contribution in [2.45, 2.75) is 6.92 Å². The van der Waals surface area contributed by atoms with Crippen LogP contribution in [-0.4, -0.2) is 67.1 Å². The number of anilines is 1. The molecule has 202 valence electrons. The quantitative estimate of drug-likeness (QED) is 0.400. The number of aromatic nitrogens is 1. The summed E-state index contributed by atoms with van der Waals surface area (Å²) in [6.07, 6.45) is 0. The molecule has 12 heteroatoms. The molecule has 0 saturated heterocycles. The summed E-state index contributed by atoms with van der Waals surface area (Å²) < 4.78 is 47.4. The summed E-state index contributed by atoms with van der Waals surface area (Å²) in [5.41, 5.74) is 0.178. The van der Waals surface area contributed by atoms with Gasteiger partial charge in [-0.2, -0.15) is 19.0 Å². The highest BCUT2D eigenvalue weighted by Gasteiger charge is 2.28. The molecule has 1 aliphatic rings. The number of nitriles is 1. The average Bonchev–Trinajstić information content (AvgIpc) is 3.34. The smallest absolute Gasteiger partial charge is 0.325 e. The molecule has 0 fully saturated rings. The van der Waals surface area contributed by atoms with Gasteiger partial charge in [-0.05, 0) is 31.2 Å². The summed E-state index contributed by atoms with van der Waals surface area (Å²) >= 11 is 0. The van der Waals surface area contributed by atoms with Crippen molar-refractivity contribution < 1.29 is 32.9 Å². The number of carbonyl (C=O) groups is 1. The Kier molecular flexibility index (Phi) is 8.10. The second-order valence-corrected chi connectivity index (χ2v) is 8.51.